The molecule has 2 atom stereocenters. The van der Waals surface area contributed by atoms with Crippen LogP contribution in [0.3, 0.4) is 0 Å². The summed E-state index contributed by atoms with van der Waals surface area (Å²) in [4.78, 5) is 0. The standard InChI is InChI=1S/C8H15NO/c1-2-7-3-5-10-6-8(7)9-4-1/h7-9H,1-6H2/t7-,8+/m1/s1. The van der Waals surface area contributed by atoms with Gasteiger partial charge in [-0.25, -0.2) is 0 Å². The molecule has 2 heteroatoms. The van der Waals surface area contributed by atoms with Gasteiger partial charge in [-0.3, -0.25) is 0 Å². The molecule has 0 unspecified atom stereocenters. The first-order chi connectivity index (χ1) is 4.97. The van der Waals surface area contributed by atoms with Gasteiger partial charge in [-0.1, -0.05) is 0 Å². The zero-order chi connectivity index (χ0) is 6.81. The third-order valence-corrected chi connectivity index (χ3v) is 2.66. The highest BCUT2D eigenvalue weighted by molar-refractivity contribution is 4.83. The Morgan fingerprint density at radius 1 is 1.30 bits per heavy atom. The summed E-state index contributed by atoms with van der Waals surface area (Å²) < 4.78 is 5.38. The van der Waals surface area contributed by atoms with Crippen LogP contribution in [0, 0.1) is 5.92 Å². The van der Waals surface area contributed by atoms with Crippen LogP contribution in [-0.2, 0) is 4.74 Å². The Bertz CT molecular complexity index is 89.8. The maximum atomic E-state index is 5.38. The number of fused-ring (bicyclic) bond motifs is 1. The van der Waals surface area contributed by atoms with E-state index in [0.29, 0.717) is 6.04 Å². The van der Waals surface area contributed by atoms with E-state index in [1.807, 2.05) is 0 Å². The number of hydrogen-bond donors (Lipinski definition) is 1. The van der Waals surface area contributed by atoms with Crippen molar-refractivity contribution in [2.24, 2.45) is 5.92 Å². The van der Waals surface area contributed by atoms with Crippen molar-refractivity contribution < 1.29 is 4.74 Å². The van der Waals surface area contributed by atoms with Crippen LogP contribution in [0.15, 0.2) is 0 Å². The maximum absolute atomic E-state index is 5.38. The fourth-order valence-corrected chi connectivity index (χ4v) is 2.01. The summed E-state index contributed by atoms with van der Waals surface area (Å²) in [5.41, 5.74) is 0. The molecule has 2 fully saturated rings. The van der Waals surface area contributed by atoms with Crippen molar-refractivity contribution in [3.05, 3.63) is 0 Å². The molecule has 0 spiro atoms. The van der Waals surface area contributed by atoms with E-state index in [1.165, 1.54) is 25.8 Å². The van der Waals surface area contributed by atoms with Crippen LogP contribution in [0.25, 0.3) is 0 Å². The highest BCUT2D eigenvalue weighted by Crippen LogP contribution is 2.23. The molecule has 0 aromatic heterocycles. The van der Waals surface area contributed by atoms with Gasteiger partial charge in [0.1, 0.15) is 0 Å². The van der Waals surface area contributed by atoms with Crippen LogP contribution < -0.4 is 5.32 Å². The van der Waals surface area contributed by atoms with E-state index in [0.717, 1.165) is 19.1 Å². The lowest BCUT2D eigenvalue weighted by Crippen LogP contribution is -2.47. The van der Waals surface area contributed by atoms with Gasteiger partial charge in [0, 0.05) is 12.6 Å². The molecule has 2 aliphatic rings. The zero-order valence-corrected chi connectivity index (χ0v) is 6.31. The van der Waals surface area contributed by atoms with Gasteiger partial charge < -0.3 is 10.1 Å². The van der Waals surface area contributed by atoms with E-state index in [4.69, 9.17) is 4.74 Å². The summed E-state index contributed by atoms with van der Waals surface area (Å²) in [6, 6.07) is 0.683. The monoisotopic (exact) mass is 141 g/mol. The molecule has 2 aliphatic heterocycles. The Morgan fingerprint density at radius 3 is 3.20 bits per heavy atom. The van der Waals surface area contributed by atoms with Gasteiger partial charge in [0.05, 0.1) is 6.61 Å². The van der Waals surface area contributed by atoms with E-state index >= 15 is 0 Å². The van der Waals surface area contributed by atoms with E-state index in [-0.39, 0.29) is 0 Å². The Labute approximate surface area is 61.9 Å². The predicted molar refractivity (Wildman–Crippen MR) is 40.0 cm³/mol. The molecule has 0 aromatic carbocycles. The number of nitrogens with one attached hydrogen (secondary N) is 1. The van der Waals surface area contributed by atoms with Gasteiger partial charge in [0.25, 0.3) is 0 Å². The lowest BCUT2D eigenvalue weighted by Gasteiger charge is -2.35. The second-order valence-corrected chi connectivity index (χ2v) is 3.33. The average Bonchev–Trinajstić information content (AvgIpc) is 2.05. The molecule has 0 amide bonds. The fourth-order valence-electron chi connectivity index (χ4n) is 2.01. The molecular weight excluding hydrogens is 126 g/mol. The smallest absolute Gasteiger partial charge is 0.0622 e. The Balaban J connectivity index is 1.93. The zero-order valence-electron chi connectivity index (χ0n) is 6.31. The highest BCUT2D eigenvalue weighted by atomic mass is 16.5. The van der Waals surface area contributed by atoms with Gasteiger partial charge >= 0.3 is 0 Å². The largest absolute Gasteiger partial charge is 0.380 e. The van der Waals surface area contributed by atoms with E-state index in [2.05, 4.69) is 5.32 Å². The van der Waals surface area contributed by atoms with Crippen LogP contribution in [-0.4, -0.2) is 25.8 Å². The van der Waals surface area contributed by atoms with Crippen molar-refractivity contribution in [3.8, 4) is 0 Å². The molecule has 0 saturated carbocycles. The molecular formula is C8H15NO. The molecule has 2 saturated heterocycles. The van der Waals surface area contributed by atoms with Crippen LogP contribution in [0.5, 0.6) is 0 Å². The van der Waals surface area contributed by atoms with Gasteiger partial charge in [-0.15, -0.1) is 0 Å². The van der Waals surface area contributed by atoms with Gasteiger partial charge in [-0.05, 0) is 31.7 Å². The highest BCUT2D eigenvalue weighted by Gasteiger charge is 2.27. The van der Waals surface area contributed by atoms with Crippen molar-refractivity contribution >= 4 is 0 Å². The van der Waals surface area contributed by atoms with Crippen LogP contribution >= 0.6 is 0 Å². The van der Waals surface area contributed by atoms with Gasteiger partial charge in [0.15, 0.2) is 0 Å². The predicted octanol–water partition coefficient (Wildman–Crippen LogP) is 0.775. The number of hydrogen-bond acceptors (Lipinski definition) is 2. The second-order valence-electron chi connectivity index (χ2n) is 3.33. The van der Waals surface area contributed by atoms with Crippen molar-refractivity contribution in [2.45, 2.75) is 25.3 Å². The Hall–Kier alpha value is -0.0800. The summed E-state index contributed by atoms with van der Waals surface area (Å²) in [5, 5.41) is 3.50. The summed E-state index contributed by atoms with van der Waals surface area (Å²) in [7, 11) is 0. The second kappa shape index (κ2) is 2.89. The number of rotatable bonds is 0. The Kier molecular flexibility index (Phi) is 1.91. The quantitative estimate of drug-likeness (QED) is 0.538. The summed E-state index contributed by atoms with van der Waals surface area (Å²) in [6.45, 7) is 3.14. The first-order valence-electron chi connectivity index (χ1n) is 4.28. The summed E-state index contributed by atoms with van der Waals surface area (Å²) >= 11 is 0. The molecule has 2 nitrogen and oxygen atoms in total. The molecule has 58 valence electrons. The van der Waals surface area contributed by atoms with E-state index < -0.39 is 0 Å². The lowest BCUT2D eigenvalue weighted by atomic mass is 9.87. The minimum absolute atomic E-state index is 0.683. The van der Waals surface area contributed by atoms with Crippen LogP contribution in [0.1, 0.15) is 19.3 Å². The molecule has 0 bridgehead atoms. The van der Waals surface area contributed by atoms with Crippen molar-refractivity contribution in [3.63, 3.8) is 0 Å². The van der Waals surface area contributed by atoms with Crippen molar-refractivity contribution in [1.82, 2.24) is 5.32 Å². The molecule has 0 radical (unpaired) electrons. The normalized spacial score (nSPS) is 40.8. The maximum Gasteiger partial charge on any atom is 0.0622 e. The summed E-state index contributed by atoms with van der Waals surface area (Å²) in [6.07, 6.45) is 4.06. The number of piperidine rings is 1. The van der Waals surface area contributed by atoms with Crippen molar-refractivity contribution in [1.29, 1.82) is 0 Å². The molecule has 0 aliphatic carbocycles. The number of ether oxygens (including phenoxy) is 1. The minimum atomic E-state index is 0.683. The molecule has 2 rings (SSSR count). The molecule has 2 heterocycles. The Morgan fingerprint density at radius 2 is 2.30 bits per heavy atom. The van der Waals surface area contributed by atoms with E-state index in [9.17, 15) is 0 Å². The fraction of sp³-hybridized carbons (Fsp3) is 1.00. The SMILES string of the molecule is C1CN[C@H]2COCC[C@H]2C1. The third-order valence-electron chi connectivity index (χ3n) is 2.66. The van der Waals surface area contributed by atoms with Crippen LogP contribution in [0.4, 0.5) is 0 Å². The first-order valence-corrected chi connectivity index (χ1v) is 4.28. The third kappa shape index (κ3) is 1.18. The van der Waals surface area contributed by atoms with Crippen LogP contribution in [0.2, 0.25) is 0 Å². The minimum Gasteiger partial charge on any atom is -0.380 e. The lowest BCUT2D eigenvalue weighted by molar-refractivity contribution is 0.0232. The summed E-state index contributed by atoms with van der Waals surface area (Å²) in [5.74, 6) is 0.919. The van der Waals surface area contributed by atoms with Gasteiger partial charge in [0.2, 0.25) is 0 Å². The first kappa shape index (κ1) is 6.62. The topological polar surface area (TPSA) is 21.3 Å². The van der Waals surface area contributed by atoms with E-state index in [1.54, 1.807) is 0 Å². The van der Waals surface area contributed by atoms with Gasteiger partial charge in [-0.2, -0.15) is 0 Å². The average molecular weight is 141 g/mol. The van der Waals surface area contributed by atoms with Crippen molar-refractivity contribution in [2.75, 3.05) is 19.8 Å². The molecule has 10 heavy (non-hydrogen) atoms. The molecule has 1 N–H and O–H groups in total. The molecule has 0 aromatic rings.